The number of nitrogens with zero attached hydrogens (tertiary/aromatic N) is 2. The lowest BCUT2D eigenvalue weighted by Crippen LogP contribution is -1.95. The third-order valence-electron chi connectivity index (χ3n) is 2.38. The average Bonchev–Trinajstić information content (AvgIpc) is 2.75. The Hall–Kier alpha value is -2.30. The van der Waals surface area contributed by atoms with Crippen molar-refractivity contribution in [2.75, 3.05) is 0 Å². The number of hydrogen-bond acceptors (Lipinski definition) is 2. The Morgan fingerprint density at radius 2 is 2.27 bits per heavy atom. The molecular weight excluding hydrogens is 194 g/mol. The minimum absolute atomic E-state index is 0.270. The average molecular weight is 201 g/mol. The number of carboxylic acid groups (broad SMARTS) is 1. The summed E-state index contributed by atoms with van der Waals surface area (Å²) >= 11 is 0. The maximum atomic E-state index is 10.8. The summed E-state index contributed by atoms with van der Waals surface area (Å²) in [6, 6.07) is 6.75. The molecule has 0 aliphatic rings. The monoisotopic (exact) mass is 201 g/mol. The smallest absolute Gasteiger partial charge is 0.335 e. The normalized spacial score (nSPS) is 11.2. The fourth-order valence-corrected chi connectivity index (χ4v) is 1.68. The number of H-pyrrole nitrogens is 1. The van der Waals surface area contributed by atoms with E-state index in [1.54, 1.807) is 28.9 Å². The first-order chi connectivity index (χ1) is 7.25. The molecule has 0 spiro atoms. The van der Waals surface area contributed by atoms with Gasteiger partial charge in [0.1, 0.15) is 5.65 Å². The highest BCUT2D eigenvalue weighted by Gasteiger charge is 2.07. The Kier molecular flexibility index (Phi) is 1.39. The molecule has 74 valence electrons. The van der Waals surface area contributed by atoms with Crippen LogP contribution in [-0.4, -0.2) is 25.7 Å². The standard InChI is InChI=1S/C10H7N3O2/c14-10(15)6-1-2-8-7(5-6)12-9-3-4-11-13(8)9/h1-5,12H,(H,14,15). The molecule has 0 aliphatic carbocycles. The molecule has 5 nitrogen and oxygen atoms in total. The molecule has 5 heteroatoms. The number of hydrogen-bond donors (Lipinski definition) is 2. The summed E-state index contributed by atoms with van der Waals surface area (Å²) in [5.41, 5.74) is 2.78. The van der Waals surface area contributed by atoms with Gasteiger partial charge in [-0.05, 0) is 18.2 Å². The summed E-state index contributed by atoms with van der Waals surface area (Å²) in [5, 5.41) is 13.0. The molecular formula is C10H7N3O2. The van der Waals surface area contributed by atoms with Gasteiger partial charge in [0.05, 0.1) is 22.8 Å². The number of aromatic nitrogens is 3. The second-order valence-corrected chi connectivity index (χ2v) is 3.29. The van der Waals surface area contributed by atoms with Crippen LogP contribution in [0.2, 0.25) is 0 Å². The largest absolute Gasteiger partial charge is 0.478 e. The van der Waals surface area contributed by atoms with Crippen LogP contribution in [0.4, 0.5) is 0 Å². The van der Waals surface area contributed by atoms with Crippen molar-refractivity contribution in [2.24, 2.45) is 0 Å². The van der Waals surface area contributed by atoms with Crippen molar-refractivity contribution in [3.8, 4) is 0 Å². The van der Waals surface area contributed by atoms with Gasteiger partial charge in [0.15, 0.2) is 0 Å². The first-order valence-electron chi connectivity index (χ1n) is 4.44. The summed E-state index contributed by atoms with van der Waals surface area (Å²) in [6.45, 7) is 0. The number of fused-ring (bicyclic) bond motifs is 3. The van der Waals surface area contributed by atoms with Crippen LogP contribution in [0.25, 0.3) is 16.7 Å². The summed E-state index contributed by atoms with van der Waals surface area (Å²) in [5.74, 6) is -0.927. The molecule has 15 heavy (non-hydrogen) atoms. The predicted octanol–water partition coefficient (Wildman–Crippen LogP) is 1.51. The van der Waals surface area contributed by atoms with E-state index in [4.69, 9.17) is 5.11 Å². The van der Waals surface area contributed by atoms with Gasteiger partial charge in [0, 0.05) is 6.07 Å². The van der Waals surface area contributed by atoms with Gasteiger partial charge in [-0.25, -0.2) is 9.31 Å². The molecule has 0 bridgehead atoms. The molecule has 0 saturated carbocycles. The fraction of sp³-hybridized carbons (Fsp3) is 0. The Morgan fingerprint density at radius 3 is 3.07 bits per heavy atom. The van der Waals surface area contributed by atoms with Gasteiger partial charge in [-0.2, -0.15) is 5.10 Å². The van der Waals surface area contributed by atoms with Crippen LogP contribution < -0.4 is 0 Å². The van der Waals surface area contributed by atoms with Gasteiger partial charge in [-0.1, -0.05) is 0 Å². The minimum Gasteiger partial charge on any atom is -0.478 e. The lowest BCUT2D eigenvalue weighted by molar-refractivity contribution is 0.0697. The number of benzene rings is 1. The first kappa shape index (κ1) is 8.05. The second kappa shape index (κ2) is 2.60. The third kappa shape index (κ3) is 1.03. The molecule has 0 amide bonds. The number of aromatic amines is 1. The van der Waals surface area contributed by atoms with Crippen molar-refractivity contribution in [1.82, 2.24) is 14.6 Å². The van der Waals surface area contributed by atoms with Crippen LogP contribution in [0.5, 0.6) is 0 Å². The Labute approximate surface area is 83.9 Å². The van der Waals surface area contributed by atoms with Crippen LogP contribution in [0.3, 0.4) is 0 Å². The van der Waals surface area contributed by atoms with Crippen molar-refractivity contribution in [3.05, 3.63) is 36.0 Å². The van der Waals surface area contributed by atoms with Gasteiger partial charge in [0.2, 0.25) is 0 Å². The maximum Gasteiger partial charge on any atom is 0.335 e. The van der Waals surface area contributed by atoms with Crippen LogP contribution in [0.1, 0.15) is 10.4 Å². The number of nitrogens with one attached hydrogen (secondary N) is 1. The SMILES string of the molecule is O=C(O)c1ccc2c(c1)[nH]c1ccnn12. The maximum absolute atomic E-state index is 10.8. The quantitative estimate of drug-likeness (QED) is 0.627. The lowest BCUT2D eigenvalue weighted by atomic mass is 10.2. The van der Waals surface area contributed by atoms with Crippen LogP contribution in [-0.2, 0) is 0 Å². The Bertz CT molecular complexity index is 665. The second-order valence-electron chi connectivity index (χ2n) is 3.29. The van der Waals surface area contributed by atoms with Crippen molar-refractivity contribution in [1.29, 1.82) is 0 Å². The van der Waals surface area contributed by atoms with E-state index in [-0.39, 0.29) is 5.56 Å². The van der Waals surface area contributed by atoms with Crippen molar-refractivity contribution in [2.45, 2.75) is 0 Å². The highest BCUT2D eigenvalue weighted by atomic mass is 16.4. The van der Waals surface area contributed by atoms with E-state index in [0.717, 1.165) is 16.7 Å². The summed E-state index contributed by atoms with van der Waals surface area (Å²) < 4.78 is 1.74. The number of carboxylic acids is 1. The molecule has 2 aromatic heterocycles. The van der Waals surface area contributed by atoms with E-state index in [1.807, 2.05) is 6.07 Å². The van der Waals surface area contributed by atoms with E-state index in [1.165, 1.54) is 0 Å². The summed E-state index contributed by atoms with van der Waals surface area (Å²) in [7, 11) is 0. The molecule has 2 N–H and O–H groups in total. The van der Waals surface area contributed by atoms with Crippen molar-refractivity contribution >= 4 is 22.6 Å². The van der Waals surface area contributed by atoms with E-state index in [0.29, 0.717) is 0 Å². The predicted molar refractivity (Wildman–Crippen MR) is 54.0 cm³/mol. The Morgan fingerprint density at radius 1 is 1.40 bits per heavy atom. The van der Waals surface area contributed by atoms with Gasteiger partial charge in [0.25, 0.3) is 0 Å². The van der Waals surface area contributed by atoms with E-state index >= 15 is 0 Å². The van der Waals surface area contributed by atoms with E-state index < -0.39 is 5.97 Å². The van der Waals surface area contributed by atoms with Crippen molar-refractivity contribution in [3.63, 3.8) is 0 Å². The highest BCUT2D eigenvalue weighted by Crippen LogP contribution is 2.17. The summed E-state index contributed by atoms with van der Waals surface area (Å²) in [6.07, 6.45) is 1.69. The number of imidazole rings is 1. The molecule has 0 saturated heterocycles. The van der Waals surface area contributed by atoms with Gasteiger partial charge in [-0.15, -0.1) is 0 Å². The summed E-state index contributed by atoms with van der Waals surface area (Å²) in [4.78, 5) is 13.9. The Balaban J connectivity index is 2.40. The lowest BCUT2D eigenvalue weighted by Gasteiger charge is -1.93. The highest BCUT2D eigenvalue weighted by molar-refractivity contribution is 5.93. The first-order valence-corrected chi connectivity index (χ1v) is 4.44. The molecule has 0 atom stereocenters. The van der Waals surface area contributed by atoms with Crippen LogP contribution in [0, 0.1) is 0 Å². The third-order valence-corrected chi connectivity index (χ3v) is 2.38. The van der Waals surface area contributed by atoms with Crippen LogP contribution >= 0.6 is 0 Å². The zero-order valence-corrected chi connectivity index (χ0v) is 7.64. The number of aromatic carboxylic acids is 1. The molecule has 3 rings (SSSR count). The van der Waals surface area contributed by atoms with E-state index in [2.05, 4.69) is 10.1 Å². The zero-order chi connectivity index (χ0) is 10.4. The van der Waals surface area contributed by atoms with Gasteiger partial charge >= 0.3 is 5.97 Å². The van der Waals surface area contributed by atoms with E-state index in [9.17, 15) is 4.79 Å². The fourth-order valence-electron chi connectivity index (χ4n) is 1.68. The molecule has 0 fully saturated rings. The number of carbonyl (C=O) groups is 1. The molecule has 1 aromatic carbocycles. The van der Waals surface area contributed by atoms with Crippen LogP contribution in [0.15, 0.2) is 30.5 Å². The van der Waals surface area contributed by atoms with Gasteiger partial charge in [-0.3, -0.25) is 0 Å². The molecule has 2 heterocycles. The number of rotatable bonds is 1. The molecule has 0 radical (unpaired) electrons. The molecule has 3 aromatic rings. The minimum atomic E-state index is -0.927. The zero-order valence-electron chi connectivity index (χ0n) is 7.64. The molecule has 0 unspecified atom stereocenters. The topological polar surface area (TPSA) is 70.4 Å². The van der Waals surface area contributed by atoms with Gasteiger partial charge < -0.3 is 10.1 Å². The molecule has 0 aliphatic heterocycles. The van der Waals surface area contributed by atoms with Crippen molar-refractivity contribution < 1.29 is 9.90 Å².